The second-order valence-electron chi connectivity index (χ2n) is 8.11. The number of carbonyl (C=O) groups excluding carboxylic acids is 3. The van der Waals surface area contributed by atoms with Crippen molar-refractivity contribution in [3.05, 3.63) is 70.8 Å². The largest absolute Gasteiger partial charge is 0.487 e. The van der Waals surface area contributed by atoms with Gasteiger partial charge < -0.3 is 9.64 Å². The third-order valence-corrected chi connectivity index (χ3v) is 5.79. The lowest BCUT2D eigenvalue weighted by atomic mass is 10.0. The molecule has 1 fully saturated rings. The van der Waals surface area contributed by atoms with Gasteiger partial charge in [0.15, 0.2) is 0 Å². The van der Waals surface area contributed by atoms with E-state index in [0.717, 1.165) is 17.3 Å². The van der Waals surface area contributed by atoms with Crippen LogP contribution < -0.4 is 10.1 Å². The van der Waals surface area contributed by atoms with Crippen molar-refractivity contribution in [1.82, 2.24) is 25.2 Å². The SMILES string of the molecule is Cc1ccc(-n2cc(COc3cc(F)cc4c3CN(C3CCC(=O)NC3=O)C4=O)nn2)cc1. The second kappa shape index (κ2) is 8.12. The first-order valence-electron chi connectivity index (χ1n) is 10.5. The van der Waals surface area contributed by atoms with Gasteiger partial charge in [0.2, 0.25) is 11.8 Å². The molecule has 168 valence electrons. The minimum Gasteiger partial charge on any atom is -0.487 e. The molecule has 2 aliphatic heterocycles. The third kappa shape index (κ3) is 3.95. The maximum Gasteiger partial charge on any atom is 0.255 e. The molecule has 1 unspecified atom stereocenters. The van der Waals surface area contributed by atoms with E-state index in [4.69, 9.17) is 4.74 Å². The van der Waals surface area contributed by atoms with E-state index in [1.165, 1.54) is 11.0 Å². The number of imide groups is 1. The molecule has 0 radical (unpaired) electrons. The number of carbonyl (C=O) groups is 3. The molecule has 1 N–H and O–H groups in total. The van der Waals surface area contributed by atoms with Gasteiger partial charge in [-0.15, -0.1) is 5.10 Å². The first-order chi connectivity index (χ1) is 15.9. The van der Waals surface area contributed by atoms with Crippen LogP contribution in [0.2, 0.25) is 0 Å². The highest BCUT2D eigenvalue weighted by molar-refractivity contribution is 6.05. The summed E-state index contributed by atoms with van der Waals surface area (Å²) in [4.78, 5) is 37.9. The lowest BCUT2D eigenvalue weighted by molar-refractivity contribution is -0.136. The summed E-state index contributed by atoms with van der Waals surface area (Å²) in [6.45, 7) is 2.11. The smallest absolute Gasteiger partial charge is 0.255 e. The standard InChI is InChI=1S/C23H20FN5O4/c1-13-2-4-16(5-3-13)29-10-15(26-27-29)12-33-20-9-14(24)8-17-18(20)11-28(23(17)32)19-6-7-21(30)25-22(19)31/h2-5,8-10,19H,6-7,11-12H2,1H3,(H,25,30,31). The molecule has 1 aromatic heterocycles. The predicted molar refractivity (Wildman–Crippen MR) is 113 cm³/mol. The fourth-order valence-corrected chi connectivity index (χ4v) is 4.06. The van der Waals surface area contributed by atoms with Crippen LogP contribution in [-0.2, 0) is 22.7 Å². The number of hydrogen-bond donors (Lipinski definition) is 1. The average Bonchev–Trinajstić information content (AvgIpc) is 3.38. The summed E-state index contributed by atoms with van der Waals surface area (Å²) in [7, 11) is 0. The van der Waals surface area contributed by atoms with E-state index in [0.29, 0.717) is 11.3 Å². The van der Waals surface area contributed by atoms with Gasteiger partial charge in [-0.2, -0.15) is 0 Å². The van der Waals surface area contributed by atoms with Gasteiger partial charge in [0, 0.05) is 18.1 Å². The fraction of sp³-hybridized carbons (Fsp3) is 0.261. The number of aromatic nitrogens is 3. The molecule has 0 bridgehead atoms. The molecule has 3 aromatic rings. The molecule has 0 aliphatic carbocycles. The van der Waals surface area contributed by atoms with Crippen LogP contribution in [0, 0.1) is 12.7 Å². The molecule has 2 aliphatic rings. The first-order valence-corrected chi connectivity index (χ1v) is 10.5. The summed E-state index contributed by atoms with van der Waals surface area (Å²) in [6, 6.07) is 9.34. The molecule has 9 nitrogen and oxygen atoms in total. The number of piperidine rings is 1. The Labute approximate surface area is 188 Å². The summed E-state index contributed by atoms with van der Waals surface area (Å²) in [5.74, 6) is -1.77. The van der Waals surface area contributed by atoms with Gasteiger partial charge in [0.1, 0.15) is 29.9 Å². The van der Waals surface area contributed by atoms with Gasteiger partial charge >= 0.3 is 0 Å². The van der Waals surface area contributed by atoms with Crippen molar-refractivity contribution in [3.63, 3.8) is 0 Å². The van der Waals surface area contributed by atoms with E-state index in [9.17, 15) is 18.8 Å². The van der Waals surface area contributed by atoms with E-state index >= 15 is 0 Å². The Bertz CT molecular complexity index is 1270. The number of fused-ring (bicyclic) bond motifs is 1. The number of ether oxygens (including phenoxy) is 1. The molecule has 1 atom stereocenters. The second-order valence-corrected chi connectivity index (χ2v) is 8.11. The van der Waals surface area contributed by atoms with Crippen molar-refractivity contribution in [1.29, 1.82) is 0 Å². The Hall–Kier alpha value is -4.08. The molecular weight excluding hydrogens is 429 g/mol. The van der Waals surface area contributed by atoms with Gasteiger partial charge in [-0.25, -0.2) is 9.07 Å². The van der Waals surface area contributed by atoms with Crippen molar-refractivity contribution in [2.24, 2.45) is 0 Å². The summed E-state index contributed by atoms with van der Waals surface area (Å²) in [5.41, 5.74) is 3.15. The number of rotatable bonds is 5. The molecular formula is C23H20FN5O4. The highest BCUT2D eigenvalue weighted by Crippen LogP contribution is 2.35. The minimum absolute atomic E-state index is 0.0222. The highest BCUT2D eigenvalue weighted by atomic mass is 19.1. The number of nitrogens with one attached hydrogen (secondary N) is 1. The zero-order valence-corrected chi connectivity index (χ0v) is 17.7. The molecule has 0 saturated carbocycles. The van der Waals surface area contributed by atoms with E-state index in [1.807, 2.05) is 31.2 Å². The van der Waals surface area contributed by atoms with Crippen molar-refractivity contribution < 1.29 is 23.5 Å². The maximum absolute atomic E-state index is 14.3. The van der Waals surface area contributed by atoms with Gasteiger partial charge in [-0.3, -0.25) is 19.7 Å². The van der Waals surface area contributed by atoms with Crippen LogP contribution >= 0.6 is 0 Å². The van der Waals surface area contributed by atoms with Crippen molar-refractivity contribution in [2.75, 3.05) is 0 Å². The van der Waals surface area contributed by atoms with Crippen LogP contribution in [0.3, 0.4) is 0 Å². The third-order valence-electron chi connectivity index (χ3n) is 5.79. The number of halogens is 1. The Morgan fingerprint density at radius 1 is 1.18 bits per heavy atom. The Kier molecular flexibility index (Phi) is 5.12. The van der Waals surface area contributed by atoms with Crippen LogP contribution in [0.4, 0.5) is 4.39 Å². The van der Waals surface area contributed by atoms with Crippen LogP contribution in [-0.4, -0.2) is 43.7 Å². The summed E-state index contributed by atoms with van der Waals surface area (Å²) in [6.07, 6.45) is 2.08. The first kappa shape index (κ1) is 20.8. The number of benzene rings is 2. The van der Waals surface area contributed by atoms with Gasteiger partial charge in [0.05, 0.1) is 24.0 Å². The molecule has 33 heavy (non-hydrogen) atoms. The fourth-order valence-electron chi connectivity index (χ4n) is 4.06. The van der Waals surface area contributed by atoms with Gasteiger partial charge in [0.25, 0.3) is 5.91 Å². The predicted octanol–water partition coefficient (Wildman–Crippen LogP) is 2.05. The lowest BCUT2D eigenvalue weighted by Crippen LogP contribution is -2.52. The topological polar surface area (TPSA) is 106 Å². The number of hydrogen-bond acceptors (Lipinski definition) is 6. The number of nitrogens with zero attached hydrogens (tertiary/aromatic N) is 4. The lowest BCUT2D eigenvalue weighted by Gasteiger charge is -2.29. The molecule has 2 aromatic carbocycles. The van der Waals surface area contributed by atoms with E-state index in [1.54, 1.807) is 10.9 Å². The zero-order chi connectivity index (χ0) is 23.1. The minimum atomic E-state index is -0.784. The number of aryl methyl sites for hydroxylation is 1. The van der Waals surface area contributed by atoms with Crippen molar-refractivity contribution in [3.8, 4) is 11.4 Å². The average molecular weight is 449 g/mol. The van der Waals surface area contributed by atoms with E-state index < -0.39 is 23.7 Å². The normalized spacial score (nSPS) is 17.8. The Balaban J connectivity index is 1.34. The molecule has 3 amide bonds. The summed E-state index contributed by atoms with van der Waals surface area (Å²) in [5, 5.41) is 10.4. The molecule has 5 rings (SSSR count). The van der Waals surface area contributed by atoms with E-state index in [-0.39, 0.29) is 43.2 Å². The molecule has 0 spiro atoms. The van der Waals surface area contributed by atoms with Crippen molar-refractivity contribution >= 4 is 17.7 Å². The zero-order valence-electron chi connectivity index (χ0n) is 17.7. The summed E-state index contributed by atoms with van der Waals surface area (Å²) >= 11 is 0. The monoisotopic (exact) mass is 449 g/mol. The number of amides is 3. The summed E-state index contributed by atoms with van der Waals surface area (Å²) < 4.78 is 21.7. The van der Waals surface area contributed by atoms with Gasteiger partial charge in [-0.1, -0.05) is 22.9 Å². The molecule has 10 heteroatoms. The van der Waals surface area contributed by atoms with E-state index in [2.05, 4.69) is 15.6 Å². The molecule has 1 saturated heterocycles. The van der Waals surface area contributed by atoms with Crippen LogP contribution in [0.15, 0.2) is 42.6 Å². The Morgan fingerprint density at radius 3 is 2.73 bits per heavy atom. The maximum atomic E-state index is 14.3. The molecule has 3 heterocycles. The van der Waals surface area contributed by atoms with Crippen LogP contribution in [0.5, 0.6) is 5.75 Å². The van der Waals surface area contributed by atoms with Crippen LogP contribution in [0.25, 0.3) is 5.69 Å². The quantitative estimate of drug-likeness (QED) is 0.598. The van der Waals surface area contributed by atoms with Crippen molar-refractivity contribution in [2.45, 2.75) is 39.0 Å². The Morgan fingerprint density at radius 2 is 1.97 bits per heavy atom. The highest BCUT2D eigenvalue weighted by Gasteiger charge is 2.40. The van der Waals surface area contributed by atoms with Crippen LogP contribution in [0.1, 0.15) is 40.0 Å². The van der Waals surface area contributed by atoms with Gasteiger partial charge in [-0.05, 0) is 31.5 Å².